The summed E-state index contributed by atoms with van der Waals surface area (Å²) in [6.45, 7) is 1.65. The molecule has 2 heterocycles. The number of anilines is 1. The number of nitrogens with two attached hydrogens (primary N) is 1. The quantitative estimate of drug-likeness (QED) is 0.274. The first-order valence-electron chi connectivity index (χ1n) is 7.52. The van der Waals surface area contributed by atoms with Gasteiger partial charge >= 0.3 is 0 Å². The molecule has 0 aliphatic carbocycles. The standard InChI is InChI=1S/C15H13ClN6O4S/c1-8(14(23)18-11-5-4-9(22(24)25)7-10(11)16)27-15-20-19-13(21(15)17)12-3-2-6-26-12/h2-8H,17H2,1H3,(H,18,23)/t8-/m0/s1. The van der Waals surface area contributed by atoms with E-state index in [-0.39, 0.29) is 22.3 Å². The number of carbonyl (C=O) groups excluding carboxylic acids is 1. The van der Waals surface area contributed by atoms with Crippen LogP contribution >= 0.6 is 23.4 Å². The van der Waals surface area contributed by atoms with Gasteiger partial charge in [-0.3, -0.25) is 14.9 Å². The van der Waals surface area contributed by atoms with Gasteiger partial charge in [-0.15, -0.1) is 10.2 Å². The predicted octanol–water partition coefficient (Wildman–Crippen LogP) is 2.93. The largest absolute Gasteiger partial charge is 0.461 e. The molecule has 1 atom stereocenters. The maximum absolute atomic E-state index is 12.4. The second kappa shape index (κ2) is 7.68. The minimum atomic E-state index is -0.591. The Bertz CT molecular complexity index is 990. The number of rotatable bonds is 6. The molecule has 3 rings (SSSR count). The van der Waals surface area contributed by atoms with Gasteiger partial charge in [-0.2, -0.15) is 0 Å². The van der Waals surface area contributed by atoms with Gasteiger partial charge in [-0.25, -0.2) is 4.68 Å². The fourth-order valence-electron chi connectivity index (χ4n) is 2.10. The van der Waals surface area contributed by atoms with Crippen molar-refractivity contribution in [1.82, 2.24) is 14.9 Å². The smallest absolute Gasteiger partial charge is 0.271 e. The summed E-state index contributed by atoms with van der Waals surface area (Å²) in [5.74, 6) is 6.36. The molecule has 0 spiro atoms. The zero-order valence-electron chi connectivity index (χ0n) is 13.8. The van der Waals surface area contributed by atoms with E-state index in [0.717, 1.165) is 11.8 Å². The van der Waals surface area contributed by atoms with Crippen LogP contribution < -0.4 is 11.2 Å². The lowest BCUT2D eigenvalue weighted by Gasteiger charge is -2.12. The molecule has 2 aromatic heterocycles. The number of nitro benzene ring substituents is 1. The Balaban J connectivity index is 1.69. The lowest BCUT2D eigenvalue weighted by molar-refractivity contribution is -0.384. The molecule has 3 N–H and O–H groups in total. The molecule has 0 saturated heterocycles. The number of nitrogen functional groups attached to an aromatic ring is 1. The van der Waals surface area contributed by atoms with Gasteiger partial charge in [0.15, 0.2) is 5.76 Å². The summed E-state index contributed by atoms with van der Waals surface area (Å²) in [5.41, 5.74) is 0.104. The van der Waals surface area contributed by atoms with Gasteiger partial charge in [-0.05, 0) is 25.1 Å². The van der Waals surface area contributed by atoms with E-state index in [1.54, 1.807) is 19.1 Å². The number of nitrogens with zero attached hydrogens (tertiary/aromatic N) is 4. The van der Waals surface area contributed by atoms with E-state index in [4.69, 9.17) is 21.9 Å². The number of carbonyl (C=O) groups is 1. The molecule has 12 heteroatoms. The van der Waals surface area contributed by atoms with E-state index in [1.165, 1.54) is 29.1 Å². The SMILES string of the molecule is C[C@H](Sc1nnc(-c2ccco2)n1N)C(=O)Nc1ccc([N+](=O)[O-])cc1Cl. The van der Waals surface area contributed by atoms with Crippen molar-refractivity contribution in [2.24, 2.45) is 0 Å². The van der Waals surface area contributed by atoms with Crippen LogP contribution in [0.5, 0.6) is 0 Å². The normalized spacial score (nSPS) is 11.9. The Morgan fingerprint density at radius 3 is 2.85 bits per heavy atom. The van der Waals surface area contributed by atoms with Crippen molar-refractivity contribution in [2.45, 2.75) is 17.3 Å². The molecule has 0 aliphatic heterocycles. The number of non-ortho nitro benzene ring substituents is 1. The molecule has 0 saturated carbocycles. The number of thioether (sulfide) groups is 1. The van der Waals surface area contributed by atoms with Gasteiger partial charge in [-0.1, -0.05) is 23.4 Å². The number of benzene rings is 1. The van der Waals surface area contributed by atoms with Gasteiger partial charge < -0.3 is 15.6 Å². The van der Waals surface area contributed by atoms with Crippen LogP contribution in [0.15, 0.2) is 46.2 Å². The van der Waals surface area contributed by atoms with Crippen molar-refractivity contribution in [3.05, 3.63) is 51.7 Å². The number of furan rings is 1. The third kappa shape index (κ3) is 4.04. The topological polar surface area (TPSA) is 142 Å². The van der Waals surface area contributed by atoms with Crippen LogP contribution in [0, 0.1) is 10.1 Å². The van der Waals surface area contributed by atoms with Crippen LogP contribution in [-0.2, 0) is 4.79 Å². The van der Waals surface area contributed by atoms with Crippen molar-refractivity contribution >= 4 is 40.6 Å². The molecule has 1 aromatic carbocycles. The lowest BCUT2D eigenvalue weighted by Crippen LogP contribution is -2.23. The number of nitrogens with one attached hydrogen (secondary N) is 1. The second-order valence-corrected chi connectivity index (χ2v) is 7.04. The second-order valence-electron chi connectivity index (χ2n) is 5.32. The van der Waals surface area contributed by atoms with Gasteiger partial charge in [0.25, 0.3) is 5.69 Å². The van der Waals surface area contributed by atoms with Crippen LogP contribution in [-0.4, -0.2) is 31.0 Å². The van der Waals surface area contributed by atoms with Crippen LogP contribution in [0.3, 0.4) is 0 Å². The molecule has 140 valence electrons. The summed E-state index contributed by atoms with van der Waals surface area (Å²) >= 11 is 7.07. The third-order valence-corrected chi connectivity index (χ3v) is 4.85. The van der Waals surface area contributed by atoms with Crippen molar-refractivity contribution in [2.75, 3.05) is 11.2 Å². The van der Waals surface area contributed by atoms with Crippen molar-refractivity contribution in [1.29, 1.82) is 0 Å². The lowest BCUT2D eigenvalue weighted by atomic mass is 10.2. The third-order valence-electron chi connectivity index (χ3n) is 3.48. The van der Waals surface area contributed by atoms with Crippen LogP contribution in [0.1, 0.15) is 6.92 Å². The molecule has 0 unspecified atom stereocenters. The first-order chi connectivity index (χ1) is 12.9. The van der Waals surface area contributed by atoms with Gasteiger partial charge in [0.05, 0.1) is 27.1 Å². The average molecular weight is 409 g/mol. The highest BCUT2D eigenvalue weighted by molar-refractivity contribution is 8.00. The zero-order chi connectivity index (χ0) is 19.6. The molecular weight excluding hydrogens is 396 g/mol. The summed E-state index contributed by atoms with van der Waals surface area (Å²) < 4.78 is 6.46. The summed E-state index contributed by atoms with van der Waals surface area (Å²) in [6.07, 6.45) is 1.49. The van der Waals surface area contributed by atoms with E-state index in [9.17, 15) is 14.9 Å². The van der Waals surface area contributed by atoms with Gasteiger partial charge in [0.2, 0.25) is 16.9 Å². The molecule has 0 fully saturated rings. The van der Waals surface area contributed by atoms with Gasteiger partial charge in [0, 0.05) is 12.1 Å². The zero-order valence-corrected chi connectivity index (χ0v) is 15.4. The van der Waals surface area contributed by atoms with Crippen LogP contribution in [0.2, 0.25) is 5.02 Å². The van der Waals surface area contributed by atoms with E-state index < -0.39 is 10.2 Å². The fraction of sp³-hybridized carbons (Fsp3) is 0.133. The fourth-order valence-corrected chi connectivity index (χ4v) is 3.09. The maximum Gasteiger partial charge on any atom is 0.271 e. The maximum atomic E-state index is 12.4. The first-order valence-corrected chi connectivity index (χ1v) is 8.78. The minimum Gasteiger partial charge on any atom is -0.461 e. The first kappa shape index (κ1) is 18.7. The summed E-state index contributed by atoms with van der Waals surface area (Å²) in [4.78, 5) is 22.6. The van der Waals surface area contributed by atoms with E-state index in [1.807, 2.05) is 0 Å². The number of hydrogen-bond acceptors (Lipinski definition) is 8. The van der Waals surface area contributed by atoms with Crippen LogP contribution in [0.4, 0.5) is 11.4 Å². The summed E-state index contributed by atoms with van der Waals surface area (Å²) in [7, 11) is 0. The highest BCUT2D eigenvalue weighted by Gasteiger charge is 2.22. The number of hydrogen-bond donors (Lipinski definition) is 2. The van der Waals surface area contributed by atoms with E-state index in [2.05, 4.69) is 15.5 Å². The molecule has 1 amide bonds. The number of amides is 1. The molecule has 0 aliphatic rings. The molecule has 10 nitrogen and oxygen atoms in total. The number of halogens is 1. The highest BCUT2D eigenvalue weighted by atomic mass is 35.5. The molecular formula is C15H13ClN6O4S. The Hall–Kier alpha value is -3.05. The Morgan fingerprint density at radius 1 is 1.44 bits per heavy atom. The van der Waals surface area contributed by atoms with E-state index >= 15 is 0 Å². The number of nitro groups is 1. The molecule has 0 bridgehead atoms. The highest BCUT2D eigenvalue weighted by Crippen LogP contribution is 2.29. The van der Waals surface area contributed by atoms with E-state index in [0.29, 0.717) is 16.7 Å². The van der Waals surface area contributed by atoms with Crippen molar-refractivity contribution in [3.8, 4) is 11.6 Å². The van der Waals surface area contributed by atoms with Crippen molar-refractivity contribution in [3.63, 3.8) is 0 Å². The Labute approximate surface area is 161 Å². The monoisotopic (exact) mass is 408 g/mol. The molecule has 3 aromatic rings. The summed E-state index contributed by atoms with van der Waals surface area (Å²) in [5, 5.41) is 21.1. The Kier molecular flexibility index (Phi) is 5.33. The predicted molar refractivity (Wildman–Crippen MR) is 99.9 cm³/mol. The Morgan fingerprint density at radius 2 is 2.22 bits per heavy atom. The van der Waals surface area contributed by atoms with Gasteiger partial charge in [0.1, 0.15) is 0 Å². The minimum absolute atomic E-state index is 0.0665. The summed E-state index contributed by atoms with van der Waals surface area (Å²) in [6, 6.07) is 7.18. The van der Waals surface area contributed by atoms with Crippen LogP contribution in [0.25, 0.3) is 11.6 Å². The van der Waals surface area contributed by atoms with Crippen molar-refractivity contribution < 1.29 is 14.1 Å². The molecule has 27 heavy (non-hydrogen) atoms. The average Bonchev–Trinajstić information content (AvgIpc) is 3.27. The molecule has 0 radical (unpaired) electrons. The number of aromatic nitrogens is 3.